The molecule has 0 radical (unpaired) electrons. The van der Waals surface area contributed by atoms with Gasteiger partial charge in [0.1, 0.15) is 11.1 Å². The Morgan fingerprint density at radius 1 is 1.43 bits per heavy atom. The summed E-state index contributed by atoms with van der Waals surface area (Å²) in [6, 6.07) is 3.87. The molecule has 3 aromatic rings. The van der Waals surface area contributed by atoms with E-state index in [0.29, 0.717) is 16.8 Å². The number of piperidine rings is 1. The summed E-state index contributed by atoms with van der Waals surface area (Å²) in [5, 5.41) is 2.92. The number of nitrogens with zero attached hydrogens (tertiary/aromatic N) is 3. The Hall–Kier alpha value is -3.13. The van der Waals surface area contributed by atoms with E-state index in [2.05, 4.69) is 20.2 Å². The predicted molar refractivity (Wildman–Crippen MR) is 109 cm³/mol. The number of nitrogens with one attached hydrogen (secondary N) is 1. The minimum absolute atomic E-state index is 0.0543. The van der Waals surface area contributed by atoms with Crippen LogP contribution in [0.25, 0.3) is 11.1 Å². The first-order valence-corrected chi connectivity index (χ1v) is 9.49. The van der Waals surface area contributed by atoms with Crippen LogP contribution in [0.5, 0.6) is 0 Å². The number of carbonyl (C=O) groups excluding carboxylic acids is 1. The zero-order valence-electron chi connectivity index (χ0n) is 15.8. The van der Waals surface area contributed by atoms with Crippen molar-refractivity contribution < 1.29 is 9.21 Å². The Bertz CT molecular complexity index is 1020. The summed E-state index contributed by atoms with van der Waals surface area (Å²) in [7, 11) is 0. The van der Waals surface area contributed by atoms with Crippen molar-refractivity contribution in [2.75, 3.05) is 29.0 Å². The fourth-order valence-corrected chi connectivity index (χ4v) is 3.62. The van der Waals surface area contributed by atoms with Crippen molar-refractivity contribution in [1.29, 1.82) is 0 Å². The van der Waals surface area contributed by atoms with Crippen LogP contribution in [0.15, 0.2) is 35.1 Å². The summed E-state index contributed by atoms with van der Waals surface area (Å²) < 4.78 is 5.57. The highest BCUT2D eigenvalue weighted by Gasteiger charge is 2.24. The van der Waals surface area contributed by atoms with Crippen LogP contribution in [-0.4, -0.2) is 35.0 Å². The van der Waals surface area contributed by atoms with Gasteiger partial charge in [-0.1, -0.05) is 6.92 Å². The van der Waals surface area contributed by atoms with Gasteiger partial charge in [0.15, 0.2) is 5.58 Å². The minimum atomic E-state index is -0.372. The topological polar surface area (TPSA) is 123 Å². The van der Waals surface area contributed by atoms with Crippen molar-refractivity contribution in [3.63, 3.8) is 0 Å². The van der Waals surface area contributed by atoms with Gasteiger partial charge in [-0.05, 0) is 37.0 Å². The maximum atomic E-state index is 13.0. The molecule has 1 aliphatic heterocycles. The summed E-state index contributed by atoms with van der Waals surface area (Å²) >= 11 is 0. The van der Waals surface area contributed by atoms with Gasteiger partial charge in [-0.2, -0.15) is 0 Å². The molecule has 1 atom stereocenters. The molecule has 1 unspecified atom stereocenters. The predicted octanol–water partition coefficient (Wildman–Crippen LogP) is 2.55. The number of furan rings is 1. The van der Waals surface area contributed by atoms with E-state index in [1.165, 1.54) is 0 Å². The smallest absolute Gasteiger partial charge is 0.263 e. The van der Waals surface area contributed by atoms with Crippen molar-refractivity contribution >= 4 is 34.3 Å². The zero-order valence-corrected chi connectivity index (χ0v) is 15.8. The van der Waals surface area contributed by atoms with E-state index < -0.39 is 0 Å². The lowest BCUT2D eigenvalue weighted by molar-refractivity contribution is 0.102. The highest BCUT2D eigenvalue weighted by Crippen LogP contribution is 2.31. The monoisotopic (exact) mass is 380 g/mol. The SMILES string of the molecule is CCc1cnc2c(C(=O)Nc3cnccc3N3CCCC(N)C3)c(N)oc2c1. The lowest BCUT2D eigenvalue weighted by Gasteiger charge is -2.33. The highest BCUT2D eigenvalue weighted by molar-refractivity contribution is 6.15. The third kappa shape index (κ3) is 3.38. The van der Waals surface area contributed by atoms with Gasteiger partial charge in [0.05, 0.1) is 17.6 Å². The first-order chi connectivity index (χ1) is 13.6. The minimum Gasteiger partial charge on any atom is -0.438 e. The van der Waals surface area contributed by atoms with Crippen molar-refractivity contribution in [3.05, 3.63) is 41.9 Å². The number of aromatic nitrogens is 2. The van der Waals surface area contributed by atoms with Gasteiger partial charge >= 0.3 is 0 Å². The highest BCUT2D eigenvalue weighted by atomic mass is 16.3. The van der Waals surface area contributed by atoms with Gasteiger partial charge in [-0.15, -0.1) is 0 Å². The number of hydrogen-bond donors (Lipinski definition) is 3. The first kappa shape index (κ1) is 18.2. The molecule has 146 valence electrons. The average molecular weight is 380 g/mol. The maximum Gasteiger partial charge on any atom is 0.263 e. The summed E-state index contributed by atoms with van der Waals surface area (Å²) in [4.78, 5) is 23.7. The second-order valence-corrected chi connectivity index (χ2v) is 7.08. The van der Waals surface area contributed by atoms with E-state index in [4.69, 9.17) is 15.9 Å². The van der Waals surface area contributed by atoms with Crippen LogP contribution < -0.4 is 21.7 Å². The second kappa shape index (κ2) is 7.47. The molecule has 1 fully saturated rings. The van der Waals surface area contributed by atoms with Gasteiger partial charge in [0, 0.05) is 31.5 Å². The molecule has 4 rings (SSSR count). The molecule has 0 spiro atoms. The van der Waals surface area contributed by atoms with Crippen molar-refractivity contribution in [2.24, 2.45) is 5.73 Å². The summed E-state index contributed by atoms with van der Waals surface area (Å²) in [5.74, 6) is -0.317. The molecule has 0 bridgehead atoms. The molecule has 5 N–H and O–H groups in total. The Morgan fingerprint density at radius 2 is 2.29 bits per heavy atom. The largest absolute Gasteiger partial charge is 0.438 e. The Kier molecular flexibility index (Phi) is 4.87. The van der Waals surface area contributed by atoms with Gasteiger partial charge < -0.3 is 26.1 Å². The number of aryl methyl sites for hydroxylation is 1. The Morgan fingerprint density at radius 3 is 3.07 bits per heavy atom. The number of pyridine rings is 2. The first-order valence-electron chi connectivity index (χ1n) is 9.49. The van der Waals surface area contributed by atoms with E-state index in [-0.39, 0.29) is 23.4 Å². The summed E-state index contributed by atoms with van der Waals surface area (Å²) in [6.07, 6.45) is 7.92. The number of fused-ring (bicyclic) bond motifs is 1. The normalized spacial score (nSPS) is 17.1. The van der Waals surface area contributed by atoms with Crippen LogP contribution in [-0.2, 0) is 6.42 Å². The van der Waals surface area contributed by atoms with E-state index in [9.17, 15) is 4.79 Å². The molecule has 0 aromatic carbocycles. The van der Waals surface area contributed by atoms with Gasteiger partial charge in [-0.3, -0.25) is 14.8 Å². The molecule has 0 aliphatic carbocycles. The van der Waals surface area contributed by atoms with E-state index >= 15 is 0 Å². The van der Waals surface area contributed by atoms with Gasteiger partial charge in [0.25, 0.3) is 5.91 Å². The van der Waals surface area contributed by atoms with E-state index in [0.717, 1.165) is 43.6 Å². The lowest BCUT2D eigenvalue weighted by atomic mass is 10.1. The summed E-state index contributed by atoms with van der Waals surface area (Å²) in [6.45, 7) is 3.66. The standard InChI is InChI=1S/C20H24N6O2/c1-2-12-8-16-18(24-9-12)17(19(22)28-16)20(27)25-14-10-23-6-5-15(14)26-7-3-4-13(21)11-26/h5-6,8-10,13H,2-4,7,11,21-22H2,1H3,(H,25,27). The van der Waals surface area contributed by atoms with Crippen molar-refractivity contribution in [3.8, 4) is 0 Å². The van der Waals surface area contributed by atoms with Crippen LogP contribution in [0.2, 0.25) is 0 Å². The molecule has 28 heavy (non-hydrogen) atoms. The van der Waals surface area contributed by atoms with Crippen LogP contribution in [0.4, 0.5) is 17.3 Å². The number of nitrogens with two attached hydrogens (primary N) is 2. The molecule has 1 saturated heterocycles. The molecule has 4 heterocycles. The number of nitrogen functional groups attached to an aromatic ring is 1. The number of rotatable bonds is 4. The number of hydrogen-bond acceptors (Lipinski definition) is 7. The third-order valence-electron chi connectivity index (χ3n) is 5.09. The molecule has 8 heteroatoms. The third-order valence-corrected chi connectivity index (χ3v) is 5.09. The van der Waals surface area contributed by atoms with Crippen LogP contribution in [0, 0.1) is 0 Å². The quantitative estimate of drug-likeness (QED) is 0.635. The molecule has 1 aliphatic rings. The molecule has 1 amide bonds. The van der Waals surface area contributed by atoms with Crippen LogP contribution in [0.3, 0.4) is 0 Å². The number of anilines is 3. The molecule has 8 nitrogen and oxygen atoms in total. The van der Waals surface area contributed by atoms with Crippen LogP contribution >= 0.6 is 0 Å². The van der Waals surface area contributed by atoms with Crippen molar-refractivity contribution in [1.82, 2.24) is 9.97 Å². The molecular weight excluding hydrogens is 356 g/mol. The Labute approximate surface area is 162 Å². The van der Waals surface area contributed by atoms with Gasteiger partial charge in [0.2, 0.25) is 5.88 Å². The van der Waals surface area contributed by atoms with E-state index in [1.54, 1.807) is 18.6 Å². The lowest BCUT2D eigenvalue weighted by Crippen LogP contribution is -2.43. The molecule has 0 saturated carbocycles. The maximum absolute atomic E-state index is 13.0. The van der Waals surface area contributed by atoms with E-state index in [1.807, 2.05) is 19.1 Å². The number of carbonyl (C=O) groups is 1. The fraction of sp³-hybridized carbons (Fsp3) is 0.350. The second-order valence-electron chi connectivity index (χ2n) is 7.08. The van der Waals surface area contributed by atoms with Gasteiger partial charge in [-0.25, -0.2) is 0 Å². The Balaban J connectivity index is 1.65. The molecule has 3 aromatic heterocycles. The average Bonchev–Trinajstić information content (AvgIpc) is 3.03. The number of amides is 1. The fourth-order valence-electron chi connectivity index (χ4n) is 3.62. The summed E-state index contributed by atoms with van der Waals surface area (Å²) in [5.41, 5.74) is 15.8. The van der Waals surface area contributed by atoms with Crippen molar-refractivity contribution in [2.45, 2.75) is 32.2 Å². The molecular formula is C20H24N6O2. The van der Waals surface area contributed by atoms with Crippen LogP contribution in [0.1, 0.15) is 35.7 Å². The zero-order chi connectivity index (χ0) is 19.7.